The van der Waals surface area contributed by atoms with Crippen molar-refractivity contribution in [2.45, 2.75) is 13.0 Å². The van der Waals surface area contributed by atoms with Crippen LogP contribution in [0, 0.1) is 0 Å². The van der Waals surface area contributed by atoms with E-state index in [1.807, 2.05) is 0 Å². The van der Waals surface area contributed by atoms with Crippen LogP contribution in [0.3, 0.4) is 0 Å². The lowest BCUT2D eigenvalue weighted by Gasteiger charge is -2.00. The summed E-state index contributed by atoms with van der Waals surface area (Å²) < 4.78 is 0. The van der Waals surface area contributed by atoms with E-state index in [0.717, 1.165) is 6.92 Å². The van der Waals surface area contributed by atoms with Crippen molar-refractivity contribution in [2.24, 2.45) is 0 Å². The van der Waals surface area contributed by atoms with Gasteiger partial charge in [-0.1, -0.05) is 0 Å². The zero-order valence-corrected chi connectivity index (χ0v) is 5.00. The highest BCUT2D eigenvalue weighted by Gasteiger charge is 2.17. The number of aliphatic hydroxyl groups is 2. The van der Waals surface area contributed by atoms with Gasteiger partial charge in [-0.05, 0) is 6.92 Å². The number of carbonyl (C=O) groups is 2. The third-order valence-corrected chi connectivity index (χ3v) is 0.846. The molecule has 0 radical (unpaired) electrons. The van der Waals surface area contributed by atoms with E-state index >= 15 is 0 Å². The van der Waals surface area contributed by atoms with Crippen molar-refractivity contribution in [1.29, 1.82) is 0 Å². The summed E-state index contributed by atoms with van der Waals surface area (Å²) in [6.07, 6.45) is -1.64. The van der Waals surface area contributed by atoms with Crippen LogP contribution in [0.5, 0.6) is 0 Å². The summed E-state index contributed by atoms with van der Waals surface area (Å²) in [5, 5.41) is 16.6. The Kier molecular flexibility index (Phi) is 3.05. The van der Waals surface area contributed by atoms with Gasteiger partial charge in [-0.15, -0.1) is 0 Å². The van der Waals surface area contributed by atoms with Gasteiger partial charge in [-0.2, -0.15) is 0 Å². The maximum absolute atomic E-state index is 10.2. The Morgan fingerprint density at radius 3 is 2.11 bits per heavy atom. The lowest BCUT2D eigenvalue weighted by molar-refractivity contribution is -0.139. The van der Waals surface area contributed by atoms with E-state index < -0.39 is 24.3 Å². The quantitative estimate of drug-likeness (QED) is 0.458. The van der Waals surface area contributed by atoms with Gasteiger partial charge in [-0.25, -0.2) is 0 Å². The maximum Gasteiger partial charge on any atom is 0.194 e. The standard InChI is InChI=1S/C5H8O4/c1-3(7)5(9)4(8)2-6/h5-6,9H,2H2,1H3/t5-/m0/s1. The minimum absolute atomic E-state index is 0.644. The van der Waals surface area contributed by atoms with Gasteiger partial charge in [0.25, 0.3) is 0 Å². The monoisotopic (exact) mass is 132 g/mol. The molecular formula is C5H8O4. The van der Waals surface area contributed by atoms with Gasteiger partial charge in [0.2, 0.25) is 0 Å². The molecular weight excluding hydrogens is 124 g/mol. The molecule has 0 spiro atoms. The highest BCUT2D eigenvalue weighted by Crippen LogP contribution is 1.85. The molecule has 0 aromatic rings. The van der Waals surface area contributed by atoms with Crippen LogP contribution < -0.4 is 0 Å². The highest BCUT2D eigenvalue weighted by atomic mass is 16.3. The highest BCUT2D eigenvalue weighted by molar-refractivity contribution is 6.04. The van der Waals surface area contributed by atoms with Crippen LogP contribution >= 0.6 is 0 Å². The molecule has 0 rings (SSSR count). The SMILES string of the molecule is CC(=O)[C@H](O)C(=O)CO. The smallest absolute Gasteiger partial charge is 0.194 e. The first-order chi connectivity index (χ1) is 4.09. The minimum Gasteiger partial charge on any atom is -0.388 e. The zero-order chi connectivity index (χ0) is 7.44. The van der Waals surface area contributed by atoms with E-state index in [2.05, 4.69) is 0 Å². The largest absolute Gasteiger partial charge is 0.388 e. The normalized spacial score (nSPS) is 12.8. The first-order valence-corrected chi connectivity index (χ1v) is 2.41. The van der Waals surface area contributed by atoms with Crippen molar-refractivity contribution in [3.63, 3.8) is 0 Å². The molecule has 4 nitrogen and oxygen atoms in total. The van der Waals surface area contributed by atoms with E-state index in [4.69, 9.17) is 10.2 Å². The molecule has 0 aromatic heterocycles. The van der Waals surface area contributed by atoms with Gasteiger partial charge in [0.05, 0.1) is 0 Å². The van der Waals surface area contributed by atoms with Gasteiger partial charge >= 0.3 is 0 Å². The summed E-state index contributed by atoms with van der Waals surface area (Å²) in [5.74, 6) is -1.50. The Balaban J connectivity index is 3.88. The van der Waals surface area contributed by atoms with E-state index in [0.29, 0.717) is 0 Å². The molecule has 1 atom stereocenters. The van der Waals surface area contributed by atoms with Crippen LogP contribution in [-0.2, 0) is 9.59 Å². The fraction of sp³-hybridized carbons (Fsp3) is 0.600. The van der Waals surface area contributed by atoms with Crippen molar-refractivity contribution >= 4 is 11.6 Å². The Labute approximate surface area is 52.1 Å². The Hall–Kier alpha value is -0.740. The van der Waals surface area contributed by atoms with Gasteiger partial charge in [0.1, 0.15) is 6.61 Å². The number of rotatable bonds is 3. The van der Waals surface area contributed by atoms with Crippen LogP contribution in [0.2, 0.25) is 0 Å². The second kappa shape index (κ2) is 3.32. The van der Waals surface area contributed by atoms with Gasteiger partial charge < -0.3 is 10.2 Å². The first-order valence-electron chi connectivity index (χ1n) is 2.41. The van der Waals surface area contributed by atoms with Crippen molar-refractivity contribution in [3.05, 3.63) is 0 Å². The number of hydrogen-bond acceptors (Lipinski definition) is 4. The third kappa shape index (κ3) is 2.34. The number of Topliss-reactive ketones (excluding diaryl/α,β-unsaturated/α-hetero) is 2. The Morgan fingerprint density at radius 2 is 2.00 bits per heavy atom. The molecule has 0 unspecified atom stereocenters. The van der Waals surface area contributed by atoms with Crippen molar-refractivity contribution in [2.75, 3.05) is 6.61 Å². The molecule has 0 fully saturated rings. The van der Waals surface area contributed by atoms with Crippen molar-refractivity contribution in [3.8, 4) is 0 Å². The Bertz CT molecular complexity index is 129. The van der Waals surface area contributed by atoms with E-state index in [1.165, 1.54) is 0 Å². The molecule has 0 aliphatic rings. The number of ketones is 2. The predicted molar refractivity (Wildman–Crippen MR) is 28.8 cm³/mol. The van der Waals surface area contributed by atoms with E-state index in [9.17, 15) is 9.59 Å². The summed E-state index contributed by atoms with van der Waals surface area (Å²) >= 11 is 0. The van der Waals surface area contributed by atoms with Crippen LogP contribution in [-0.4, -0.2) is 34.5 Å². The molecule has 2 N–H and O–H groups in total. The average Bonchev–Trinajstić information content (AvgIpc) is 1.84. The van der Waals surface area contributed by atoms with Crippen molar-refractivity contribution in [1.82, 2.24) is 0 Å². The molecule has 0 amide bonds. The summed E-state index contributed by atoms with van der Waals surface area (Å²) in [5.41, 5.74) is 0. The summed E-state index contributed by atoms with van der Waals surface area (Å²) in [7, 11) is 0. The molecule has 0 saturated carbocycles. The Morgan fingerprint density at radius 1 is 1.56 bits per heavy atom. The maximum atomic E-state index is 10.2. The summed E-state index contributed by atoms with van der Waals surface area (Å²) in [4.78, 5) is 20.4. The molecule has 0 heterocycles. The zero-order valence-electron chi connectivity index (χ0n) is 5.00. The number of carbonyl (C=O) groups excluding carboxylic acids is 2. The molecule has 0 saturated heterocycles. The van der Waals surface area contributed by atoms with Crippen LogP contribution in [0.1, 0.15) is 6.92 Å². The second-order valence-corrected chi connectivity index (χ2v) is 1.64. The lowest BCUT2D eigenvalue weighted by atomic mass is 10.2. The molecule has 9 heavy (non-hydrogen) atoms. The minimum atomic E-state index is -1.64. The summed E-state index contributed by atoms with van der Waals surface area (Å²) in [6.45, 7) is 0.291. The molecule has 0 aliphatic heterocycles. The summed E-state index contributed by atoms with van der Waals surface area (Å²) in [6, 6.07) is 0. The molecule has 0 aliphatic carbocycles. The molecule has 0 bridgehead atoms. The van der Waals surface area contributed by atoms with Gasteiger partial charge in [-0.3, -0.25) is 9.59 Å². The topological polar surface area (TPSA) is 74.6 Å². The van der Waals surface area contributed by atoms with Crippen molar-refractivity contribution < 1.29 is 19.8 Å². The second-order valence-electron chi connectivity index (χ2n) is 1.64. The lowest BCUT2D eigenvalue weighted by Crippen LogP contribution is -2.29. The number of hydrogen-bond donors (Lipinski definition) is 2. The van der Waals surface area contributed by atoms with Crippen LogP contribution in [0.4, 0.5) is 0 Å². The van der Waals surface area contributed by atoms with Gasteiger partial charge in [0.15, 0.2) is 17.7 Å². The fourth-order valence-electron chi connectivity index (χ4n) is 0.313. The van der Waals surface area contributed by atoms with Crippen LogP contribution in [0.25, 0.3) is 0 Å². The van der Waals surface area contributed by atoms with Gasteiger partial charge in [0, 0.05) is 0 Å². The van der Waals surface area contributed by atoms with E-state index in [1.54, 1.807) is 0 Å². The number of aliphatic hydroxyl groups excluding tert-OH is 2. The fourth-order valence-corrected chi connectivity index (χ4v) is 0.313. The average molecular weight is 132 g/mol. The third-order valence-electron chi connectivity index (χ3n) is 0.846. The molecule has 4 heteroatoms. The first kappa shape index (κ1) is 8.26. The predicted octanol–water partition coefficient (Wildman–Crippen LogP) is -1.50. The van der Waals surface area contributed by atoms with E-state index in [-0.39, 0.29) is 0 Å². The van der Waals surface area contributed by atoms with Crippen LogP contribution in [0.15, 0.2) is 0 Å². The molecule has 0 aromatic carbocycles. The molecule has 52 valence electrons.